The van der Waals surface area contributed by atoms with E-state index < -0.39 is 41.4 Å². The number of aromatic nitrogens is 2. The summed E-state index contributed by atoms with van der Waals surface area (Å²) in [6, 6.07) is 2.25. The summed E-state index contributed by atoms with van der Waals surface area (Å²) in [6.45, 7) is 13.9. The van der Waals surface area contributed by atoms with E-state index in [1.54, 1.807) is 6.92 Å². The van der Waals surface area contributed by atoms with E-state index in [0.29, 0.717) is 23.7 Å². The predicted octanol–water partition coefficient (Wildman–Crippen LogP) is 4.73. The zero-order chi connectivity index (χ0) is 32.7. The summed E-state index contributed by atoms with van der Waals surface area (Å²) in [5.74, 6) is -2.83. The fraction of sp³-hybridized carbons (Fsp3) is 0.548. The maximum Gasteiger partial charge on any atom is 0.421 e. The molecule has 0 N–H and O–H groups in total. The Morgan fingerprint density at radius 3 is 2.60 bits per heavy atom. The van der Waals surface area contributed by atoms with Crippen molar-refractivity contribution in [3.05, 3.63) is 64.7 Å². The number of carbonyl (C=O) groups is 1. The Kier molecular flexibility index (Phi) is 8.95. The van der Waals surface area contributed by atoms with E-state index in [-0.39, 0.29) is 56.3 Å². The first kappa shape index (κ1) is 32.4. The lowest BCUT2D eigenvalue weighted by Crippen LogP contribution is -2.57. The van der Waals surface area contributed by atoms with Gasteiger partial charge in [-0.15, -0.1) is 0 Å². The number of hydrogen-bond acceptors (Lipinski definition) is 7. The summed E-state index contributed by atoms with van der Waals surface area (Å²) in [5.41, 5.74) is -0.514. The summed E-state index contributed by atoms with van der Waals surface area (Å²) in [5, 5.41) is 0. The van der Waals surface area contributed by atoms with Crippen LogP contribution in [0.2, 0.25) is 0 Å². The van der Waals surface area contributed by atoms with Crippen molar-refractivity contribution in [2.24, 2.45) is 5.41 Å². The topological polar surface area (TPSA) is 69.4 Å². The van der Waals surface area contributed by atoms with E-state index >= 15 is 0 Å². The Balaban J connectivity index is 1.52. The molecular formula is C31H36F5N7O2. The molecule has 0 unspecified atom stereocenters. The summed E-state index contributed by atoms with van der Waals surface area (Å²) >= 11 is 0. The normalized spacial score (nSPS) is 20.9. The summed E-state index contributed by atoms with van der Waals surface area (Å²) in [7, 11) is 3.96. The van der Waals surface area contributed by atoms with E-state index in [9.17, 15) is 26.7 Å². The quantitative estimate of drug-likeness (QED) is 0.225. The van der Waals surface area contributed by atoms with E-state index in [1.807, 2.05) is 19.0 Å². The van der Waals surface area contributed by atoms with E-state index in [1.165, 1.54) is 21.9 Å². The fourth-order valence-electron chi connectivity index (χ4n) is 6.39. The van der Waals surface area contributed by atoms with Crippen LogP contribution >= 0.6 is 0 Å². The van der Waals surface area contributed by atoms with Crippen LogP contribution in [0.5, 0.6) is 6.01 Å². The van der Waals surface area contributed by atoms with Gasteiger partial charge in [0.25, 0.3) is 5.91 Å². The molecule has 2 atom stereocenters. The lowest BCUT2D eigenvalue weighted by Gasteiger charge is -2.42. The van der Waals surface area contributed by atoms with Gasteiger partial charge in [-0.25, -0.2) is 15.4 Å². The van der Waals surface area contributed by atoms with Crippen LogP contribution in [0, 0.1) is 17.8 Å². The second-order valence-corrected chi connectivity index (χ2v) is 12.4. The van der Waals surface area contributed by atoms with Gasteiger partial charge in [-0.05, 0) is 52.4 Å². The van der Waals surface area contributed by atoms with Gasteiger partial charge in [0.1, 0.15) is 23.2 Å². The number of fused-ring (bicyclic) bond motifs is 1. The molecule has 1 aromatic carbocycles. The van der Waals surface area contributed by atoms with Gasteiger partial charge in [0.2, 0.25) is 6.54 Å². The van der Waals surface area contributed by atoms with Crippen molar-refractivity contribution in [1.82, 2.24) is 19.8 Å². The molecule has 1 saturated carbocycles. The highest BCUT2D eigenvalue weighted by molar-refractivity contribution is 5.91. The van der Waals surface area contributed by atoms with Crippen LogP contribution in [-0.4, -0.2) is 91.2 Å². The Hall–Kier alpha value is -3.99. The molecule has 14 heteroatoms. The Bertz CT molecular complexity index is 1500. The molecule has 2 aromatic rings. The Morgan fingerprint density at radius 1 is 1.24 bits per heavy atom. The number of piperazine rings is 1. The first-order chi connectivity index (χ1) is 21.2. The largest absolute Gasteiger partial charge is 0.463 e. The molecule has 2 aliphatic heterocycles. The Morgan fingerprint density at radius 2 is 1.98 bits per heavy atom. The number of nitrogens with zero attached hydrogens (tertiary/aromatic N) is 7. The third kappa shape index (κ3) is 6.83. The maximum atomic E-state index is 14.6. The zero-order valence-electron chi connectivity index (χ0n) is 25.5. The van der Waals surface area contributed by atoms with Crippen LogP contribution in [0.4, 0.5) is 33.5 Å². The number of hydrogen-bond donors (Lipinski definition) is 0. The number of halogens is 5. The molecule has 1 aromatic heterocycles. The molecule has 3 heterocycles. The molecule has 9 nitrogen and oxygen atoms in total. The van der Waals surface area contributed by atoms with Crippen LogP contribution in [-0.2, 0) is 23.9 Å². The van der Waals surface area contributed by atoms with E-state index in [2.05, 4.69) is 21.3 Å². The lowest BCUT2D eigenvalue weighted by molar-refractivity contribution is -0.139. The van der Waals surface area contributed by atoms with Crippen molar-refractivity contribution < 1.29 is 31.5 Å². The molecule has 0 spiro atoms. The molecule has 0 bridgehead atoms. The van der Waals surface area contributed by atoms with Gasteiger partial charge in [0.05, 0.1) is 24.5 Å². The highest BCUT2D eigenvalue weighted by Gasteiger charge is 2.45. The number of carbonyl (C=O) groups excluding carboxylic acids is 1. The smallest absolute Gasteiger partial charge is 0.421 e. The van der Waals surface area contributed by atoms with Crippen molar-refractivity contribution in [3.8, 4) is 6.01 Å². The lowest BCUT2D eigenvalue weighted by atomic mass is 9.96. The standard InChI is InChI=1S/C31H36F5N7O2/c1-19-13-22-24(16-43(19)25-8-6-7-23(33)26(25)31(34,35)36)38-29(45-18-30(9-10-30)17-40(4)5)39-27(22)41-11-12-42(28(44)20(2)32)21(15-41)14-37-3/h6-8,19,21H,2,9-18H2,1,4-5H3/t19-,21+/m1/s1. The first-order valence-electron chi connectivity index (χ1n) is 14.8. The van der Waals surface area contributed by atoms with Gasteiger partial charge in [-0.3, -0.25) is 4.79 Å². The van der Waals surface area contributed by atoms with Gasteiger partial charge < -0.3 is 29.2 Å². The van der Waals surface area contributed by atoms with Crippen molar-refractivity contribution in [2.45, 2.75) is 51.0 Å². The molecule has 242 valence electrons. The van der Waals surface area contributed by atoms with Gasteiger partial charge in [-0.2, -0.15) is 23.1 Å². The number of rotatable bonds is 9. The van der Waals surface area contributed by atoms with E-state index in [4.69, 9.17) is 16.3 Å². The number of ether oxygens (including phenoxy) is 1. The third-order valence-corrected chi connectivity index (χ3v) is 8.68. The van der Waals surface area contributed by atoms with Gasteiger partial charge >= 0.3 is 12.2 Å². The van der Waals surface area contributed by atoms with Crippen LogP contribution in [0.1, 0.15) is 36.6 Å². The molecule has 1 aliphatic carbocycles. The van der Waals surface area contributed by atoms with E-state index in [0.717, 1.165) is 25.5 Å². The van der Waals surface area contributed by atoms with Crippen LogP contribution in [0.15, 0.2) is 30.6 Å². The minimum atomic E-state index is -4.91. The fourth-order valence-corrected chi connectivity index (χ4v) is 6.39. The summed E-state index contributed by atoms with van der Waals surface area (Å²) in [6.07, 6.45) is -2.71. The minimum Gasteiger partial charge on any atom is -0.463 e. The van der Waals surface area contributed by atoms with Crippen molar-refractivity contribution in [3.63, 3.8) is 0 Å². The molecular weight excluding hydrogens is 597 g/mol. The molecule has 2 fully saturated rings. The van der Waals surface area contributed by atoms with Crippen molar-refractivity contribution in [2.75, 3.05) is 63.2 Å². The van der Waals surface area contributed by atoms with Gasteiger partial charge in [-0.1, -0.05) is 12.6 Å². The number of alkyl halides is 3. The number of anilines is 2. The van der Waals surface area contributed by atoms with Crippen LogP contribution in [0.3, 0.4) is 0 Å². The number of benzene rings is 1. The Labute approximate surface area is 259 Å². The third-order valence-electron chi connectivity index (χ3n) is 8.68. The number of amides is 1. The monoisotopic (exact) mass is 633 g/mol. The summed E-state index contributed by atoms with van der Waals surface area (Å²) < 4.78 is 76.5. The second kappa shape index (κ2) is 12.4. The average molecular weight is 634 g/mol. The highest BCUT2D eigenvalue weighted by Crippen LogP contribution is 2.46. The molecule has 0 radical (unpaired) electrons. The van der Waals surface area contributed by atoms with Gasteiger partial charge in [0.15, 0.2) is 5.83 Å². The van der Waals surface area contributed by atoms with Crippen molar-refractivity contribution in [1.29, 1.82) is 0 Å². The molecule has 3 aliphatic rings. The zero-order valence-corrected chi connectivity index (χ0v) is 25.5. The SMILES string of the molecule is [C-]#[N+]C[C@H]1CN(c2nc(OCC3(CN(C)C)CC3)nc3c2C[C@@H](C)N(c2cccc(F)c2C(F)(F)F)C3)CCN1C(=O)C(=C)F. The predicted molar refractivity (Wildman–Crippen MR) is 158 cm³/mol. The highest BCUT2D eigenvalue weighted by atomic mass is 19.4. The van der Waals surface area contributed by atoms with Crippen LogP contribution < -0.4 is 14.5 Å². The average Bonchev–Trinajstić information content (AvgIpc) is 3.73. The molecule has 1 amide bonds. The van der Waals surface area contributed by atoms with Gasteiger partial charge in [0, 0.05) is 43.2 Å². The second-order valence-electron chi connectivity index (χ2n) is 12.4. The van der Waals surface area contributed by atoms with Crippen LogP contribution in [0.25, 0.3) is 4.85 Å². The van der Waals surface area contributed by atoms with Crippen molar-refractivity contribution >= 4 is 17.4 Å². The minimum absolute atomic E-state index is 0.0475. The first-order valence-corrected chi connectivity index (χ1v) is 14.8. The summed E-state index contributed by atoms with van der Waals surface area (Å²) in [4.78, 5) is 32.1. The molecule has 45 heavy (non-hydrogen) atoms. The molecule has 1 saturated heterocycles. The maximum absolute atomic E-state index is 14.6. The molecule has 5 rings (SSSR count).